The Hall–Kier alpha value is -3.42. The lowest BCUT2D eigenvalue weighted by molar-refractivity contribution is -0.142. The first-order valence-electron chi connectivity index (χ1n) is 10.4. The van der Waals surface area contributed by atoms with Crippen molar-refractivity contribution < 1.29 is 23.5 Å². The number of benzene rings is 3. The number of amides is 1. The highest BCUT2D eigenvalue weighted by Crippen LogP contribution is 2.35. The van der Waals surface area contributed by atoms with Gasteiger partial charge in [0.1, 0.15) is 11.8 Å². The molecule has 3 aromatic rings. The molecule has 4 rings (SSSR count). The highest BCUT2D eigenvalue weighted by Gasteiger charge is 2.30. The largest absolute Gasteiger partial charge is 0.468 e. The van der Waals surface area contributed by atoms with Crippen LogP contribution in [0.2, 0.25) is 0 Å². The quantitative estimate of drug-likeness (QED) is 0.369. The first-order chi connectivity index (χ1) is 16.0. The lowest BCUT2D eigenvalue weighted by Gasteiger charge is -2.13. The molecule has 0 saturated carbocycles. The van der Waals surface area contributed by atoms with Gasteiger partial charge in [-0.1, -0.05) is 36.4 Å². The van der Waals surface area contributed by atoms with Crippen LogP contribution in [0.25, 0.3) is 0 Å². The number of halogens is 2. The smallest absolute Gasteiger partial charge is 0.324 e. The fourth-order valence-corrected chi connectivity index (χ4v) is 4.00. The van der Waals surface area contributed by atoms with Crippen LogP contribution in [0.15, 0.2) is 66.7 Å². The van der Waals surface area contributed by atoms with Crippen molar-refractivity contribution in [1.82, 2.24) is 4.84 Å². The van der Waals surface area contributed by atoms with E-state index in [0.29, 0.717) is 24.2 Å². The molecule has 0 fully saturated rings. The van der Waals surface area contributed by atoms with E-state index in [1.165, 1.54) is 13.2 Å². The monoisotopic (exact) mass is 468 g/mol. The number of ether oxygens (including phenoxy) is 2. The van der Waals surface area contributed by atoms with E-state index in [1.807, 2.05) is 24.3 Å². The molecule has 1 aliphatic rings. The van der Waals surface area contributed by atoms with Crippen molar-refractivity contribution in [3.8, 4) is 11.5 Å². The average Bonchev–Trinajstić information content (AvgIpc) is 3.14. The van der Waals surface area contributed by atoms with Crippen LogP contribution < -0.4 is 14.9 Å². The molecule has 3 aromatic carbocycles. The molecule has 33 heavy (non-hydrogen) atoms. The maximum Gasteiger partial charge on any atom is 0.324 e. The molecule has 170 valence electrons. The fraction of sp³-hybridized carbons (Fsp3) is 0.200. The van der Waals surface area contributed by atoms with E-state index in [4.69, 9.17) is 21.3 Å². The van der Waals surface area contributed by atoms with Gasteiger partial charge in [-0.3, -0.25) is 9.59 Å². The Morgan fingerprint density at radius 1 is 1.12 bits per heavy atom. The number of hydrogen-bond acceptors (Lipinski definition) is 5. The highest BCUT2D eigenvalue weighted by atomic mass is 35.5. The summed E-state index contributed by atoms with van der Waals surface area (Å²) in [6, 6.07) is 18.5. The number of methoxy groups -OCH3 is 1. The average molecular weight is 469 g/mol. The Morgan fingerprint density at radius 2 is 1.85 bits per heavy atom. The zero-order chi connectivity index (χ0) is 23.4. The van der Waals surface area contributed by atoms with Crippen molar-refractivity contribution in [3.63, 3.8) is 0 Å². The Bertz CT molecular complexity index is 1170. The minimum atomic E-state index is -0.678. The summed E-state index contributed by atoms with van der Waals surface area (Å²) in [6.45, 7) is 0. The van der Waals surface area contributed by atoms with E-state index in [9.17, 15) is 14.0 Å². The van der Waals surface area contributed by atoms with Crippen molar-refractivity contribution >= 4 is 29.3 Å². The maximum atomic E-state index is 14.7. The van der Waals surface area contributed by atoms with Gasteiger partial charge in [0.2, 0.25) is 5.91 Å². The summed E-state index contributed by atoms with van der Waals surface area (Å²) in [4.78, 5) is 26.4. The summed E-state index contributed by atoms with van der Waals surface area (Å²) in [5.41, 5.74) is 3.25. The van der Waals surface area contributed by atoms with Gasteiger partial charge in [0.15, 0.2) is 11.6 Å². The molecule has 6 nitrogen and oxygen atoms in total. The number of carbonyl (C=O) groups is 2. The van der Waals surface area contributed by atoms with Gasteiger partial charge >= 0.3 is 5.97 Å². The molecular weight excluding hydrogens is 447 g/mol. The molecule has 1 amide bonds. The van der Waals surface area contributed by atoms with Gasteiger partial charge in [-0.2, -0.15) is 0 Å². The number of rotatable bonds is 8. The van der Waals surface area contributed by atoms with Gasteiger partial charge in [-0.05, 0) is 71.6 Å². The van der Waals surface area contributed by atoms with Gasteiger partial charge in [-0.15, -0.1) is 0 Å². The molecular formula is C25H22ClFN2O4. The van der Waals surface area contributed by atoms with Crippen LogP contribution in [0.1, 0.15) is 22.6 Å². The Kier molecular flexibility index (Phi) is 6.91. The Morgan fingerprint density at radius 3 is 2.55 bits per heavy atom. The van der Waals surface area contributed by atoms with E-state index >= 15 is 0 Å². The van der Waals surface area contributed by atoms with Gasteiger partial charge in [0.25, 0.3) is 0 Å². The molecule has 1 heterocycles. The second-order valence-corrected chi connectivity index (χ2v) is 7.95. The SMILES string of the molecule is COC(=O)[C@@H](Cc1ccc(Oc2ccc(CC3C(=O)Nc4ccccc43)cc2F)cc1)NCl. The summed E-state index contributed by atoms with van der Waals surface area (Å²) >= 11 is 5.61. The summed E-state index contributed by atoms with van der Waals surface area (Å²) < 4.78 is 25.1. The maximum absolute atomic E-state index is 14.7. The van der Waals surface area contributed by atoms with Crippen LogP contribution in [0.5, 0.6) is 11.5 Å². The molecule has 0 aromatic heterocycles. The third-order valence-electron chi connectivity index (χ3n) is 5.56. The van der Waals surface area contributed by atoms with Crippen molar-refractivity contribution in [2.75, 3.05) is 12.4 Å². The standard InChI is InChI=1S/C25H22ClFN2O4/c1-32-25(31)22(29-26)14-15-6-9-17(10-7-15)33-23-11-8-16(13-20(23)27)12-19-18-4-2-3-5-21(18)28-24(19)30/h2-11,13,19,22,29H,12,14H2,1H3,(H,28,30)/t19?,22-/m1/s1. The molecule has 0 bridgehead atoms. The van der Waals surface area contributed by atoms with Crippen LogP contribution in [-0.4, -0.2) is 25.0 Å². The van der Waals surface area contributed by atoms with Crippen molar-refractivity contribution in [3.05, 3.63) is 89.2 Å². The van der Waals surface area contributed by atoms with Crippen molar-refractivity contribution in [2.24, 2.45) is 0 Å². The number of fused-ring (bicyclic) bond motifs is 1. The van der Waals surface area contributed by atoms with Crippen LogP contribution in [0.4, 0.5) is 10.1 Å². The summed E-state index contributed by atoms with van der Waals surface area (Å²) in [5, 5.41) is 2.86. The first kappa shape index (κ1) is 22.8. The van der Waals surface area contributed by atoms with Gasteiger partial charge in [0.05, 0.1) is 13.0 Å². The molecule has 0 saturated heterocycles. The third-order valence-corrected chi connectivity index (χ3v) is 5.82. The number of carbonyl (C=O) groups excluding carboxylic acids is 2. The second-order valence-electron chi connectivity index (χ2n) is 7.73. The Balaban J connectivity index is 1.42. The Labute approximate surface area is 195 Å². The summed E-state index contributed by atoms with van der Waals surface area (Å²) in [6.07, 6.45) is 0.724. The normalized spacial score (nSPS) is 15.5. The number of esters is 1. The number of hydrogen-bond donors (Lipinski definition) is 2. The molecule has 0 aliphatic carbocycles. The highest BCUT2D eigenvalue weighted by molar-refractivity contribution is 6.14. The molecule has 0 spiro atoms. The van der Waals surface area contributed by atoms with E-state index in [1.54, 1.807) is 36.4 Å². The fourth-order valence-electron chi connectivity index (χ4n) is 3.83. The summed E-state index contributed by atoms with van der Waals surface area (Å²) in [7, 11) is 1.29. The van der Waals surface area contributed by atoms with Gasteiger partial charge in [0, 0.05) is 5.69 Å². The third kappa shape index (κ3) is 5.16. The van der Waals surface area contributed by atoms with Crippen molar-refractivity contribution in [2.45, 2.75) is 24.8 Å². The van der Waals surface area contributed by atoms with E-state index in [-0.39, 0.29) is 17.6 Å². The van der Waals surface area contributed by atoms with Gasteiger partial charge < -0.3 is 14.8 Å². The lowest BCUT2D eigenvalue weighted by atomic mass is 9.93. The first-order valence-corrected chi connectivity index (χ1v) is 10.7. The van der Waals surface area contributed by atoms with E-state index < -0.39 is 17.8 Å². The predicted octanol–water partition coefficient (Wildman–Crippen LogP) is 4.72. The molecule has 2 N–H and O–H groups in total. The number of nitrogens with one attached hydrogen (secondary N) is 2. The van der Waals surface area contributed by atoms with Crippen LogP contribution in [-0.2, 0) is 27.2 Å². The zero-order valence-corrected chi connectivity index (χ0v) is 18.6. The number of anilines is 1. The summed E-state index contributed by atoms with van der Waals surface area (Å²) in [5.74, 6) is -0.890. The number of para-hydroxylation sites is 1. The minimum Gasteiger partial charge on any atom is -0.468 e. The van der Waals surface area contributed by atoms with Crippen molar-refractivity contribution in [1.29, 1.82) is 0 Å². The molecule has 1 unspecified atom stereocenters. The van der Waals surface area contributed by atoms with Gasteiger partial charge in [-0.25, -0.2) is 9.23 Å². The zero-order valence-electron chi connectivity index (χ0n) is 17.8. The van der Waals surface area contributed by atoms with E-state index in [0.717, 1.165) is 16.8 Å². The van der Waals surface area contributed by atoms with Crippen LogP contribution in [0, 0.1) is 5.82 Å². The second kappa shape index (κ2) is 10.0. The molecule has 8 heteroatoms. The topological polar surface area (TPSA) is 76.7 Å². The predicted molar refractivity (Wildman–Crippen MR) is 123 cm³/mol. The van der Waals surface area contributed by atoms with Crippen LogP contribution in [0.3, 0.4) is 0 Å². The molecule has 1 aliphatic heterocycles. The molecule has 0 radical (unpaired) electrons. The lowest BCUT2D eigenvalue weighted by Crippen LogP contribution is -2.33. The van der Waals surface area contributed by atoms with Crippen LogP contribution >= 0.6 is 11.8 Å². The minimum absolute atomic E-state index is 0.0811. The van der Waals surface area contributed by atoms with E-state index in [2.05, 4.69) is 10.2 Å². The molecule has 2 atom stereocenters.